The van der Waals surface area contributed by atoms with Crippen LogP contribution in [0.25, 0.3) is 0 Å². The van der Waals surface area contributed by atoms with Crippen molar-refractivity contribution < 1.29 is 14.0 Å². The minimum atomic E-state index is -1.09. The van der Waals surface area contributed by atoms with Crippen molar-refractivity contribution in [1.29, 1.82) is 0 Å². The van der Waals surface area contributed by atoms with Gasteiger partial charge in [0, 0.05) is 6.54 Å². The number of nitrogens with one attached hydrogen (secondary N) is 1. The molecule has 9 heavy (non-hydrogen) atoms. The lowest BCUT2D eigenvalue weighted by atomic mass is 10.5. The van der Waals surface area contributed by atoms with Crippen molar-refractivity contribution in [2.24, 2.45) is 5.73 Å². The van der Waals surface area contributed by atoms with Gasteiger partial charge >= 0.3 is 11.8 Å². The van der Waals surface area contributed by atoms with Gasteiger partial charge in [-0.15, -0.1) is 0 Å². The lowest BCUT2D eigenvalue weighted by Crippen LogP contribution is -2.36. The summed E-state index contributed by atoms with van der Waals surface area (Å²) in [5.41, 5.74) is 4.50. The van der Waals surface area contributed by atoms with Crippen LogP contribution in [-0.4, -0.2) is 25.0 Å². The van der Waals surface area contributed by atoms with E-state index in [4.69, 9.17) is 0 Å². The van der Waals surface area contributed by atoms with E-state index in [9.17, 15) is 14.0 Å². The molecule has 0 aliphatic heterocycles. The second-order valence-electron chi connectivity index (χ2n) is 1.31. The Labute approximate surface area is 51.2 Å². The normalized spacial score (nSPS) is 8.56. The summed E-state index contributed by atoms with van der Waals surface area (Å²) >= 11 is 0. The summed E-state index contributed by atoms with van der Waals surface area (Å²) in [5.74, 6) is -2.05. The zero-order valence-electron chi connectivity index (χ0n) is 4.69. The van der Waals surface area contributed by atoms with Gasteiger partial charge in [0.15, 0.2) is 0 Å². The maximum atomic E-state index is 11.3. The number of halogens is 1. The number of rotatable bonds is 2. The van der Waals surface area contributed by atoms with Crippen molar-refractivity contribution in [2.75, 3.05) is 13.2 Å². The van der Waals surface area contributed by atoms with Crippen LogP contribution in [0.2, 0.25) is 0 Å². The van der Waals surface area contributed by atoms with Crippen LogP contribution in [0.1, 0.15) is 0 Å². The summed E-state index contributed by atoms with van der Waals surface area (Å²) in [6.45, 7) is -0.860. The van der Waals surface area contributed by atoms with Crippen LogP contribution in [0, 0.1) is 0 Å². The predicted octanol–water partition coefficient (Wildman–Crippen LogP) is -1.44. The highest BCUT2D eigenvalue weighted by atomic mass is 19.1. The van der Waals surface area contributed by atoms with Gasteiger partial charge in [0.2, 0.25) is 0 Å². The van der Waals surface area contributed by atoms with Crippen molar-refractivity contribution in [3.05, 3.63) is 0 Å². The molecular weight excluding hydrogens is 127 g/mol. The van der Waals surface area contributed by atoms with Crippen molar-refractivity contribution in [2.45, 2.75) is 0 Å². The molecule has 0 saturated heterocycles. The van der Waals surface area contributed by atoms with Gasteiger partial charge in [0.05, 0.1) is 0 Å². The van der Waals surface area contributed by atoms with Gasteiger partial charge in [-0.1, -0.05) is 0 Å². The number of amides is 2. The van der Waals surface area contributed by atoms with E-state index in [1.165, 1.54) is 0 Å². The SMILES string of the molecule is NC(=O)C(=O)NCCF. The summed E-state index contributed by atoms with van der Waals surface area (Å²) in [6, 6.07) is 0. The molecule has 0 heterocycles. The summed E-state index contributed by atoms with van der Waals surface area (Å²) in [7, 11) is 0. The van der Waals surface area contributed by atoms with Crippen molar-refractivity contribution in [3.8, 4) is 0 Å². The van der Waals surface area contributed by atoms with Crippen molar-refractivity contribution in [3.63, 3.8) is 0 Å². The highest BCUT2D eigenvalue weighted by Gasteiger charge is 2.05. The molecule has 2 amide bonds. The van der Waals surface area contributed by atoms with Crippen LogP contribution in [-0.2, 0) is 9.59 Å². The van der Waals surface area contributed by atoms with Crippen LogP contribution >= 0.6 is 0 Å². The number of alkyl halides is 1. The first-order valence-electron chi connectivity index (χ1n) is 2.32. The zero-order chi connectivity index (χ0) is 7.28. The molecule has 0 radical (unpaired) electrons. The highest BCUT2D eigenvalue weighted by molar-refractivity contribution is 6.34. The Hall–Kier alpha value is -1.13. The predicted molar refractivity (Wildman–Crippen MR) is 28.2 cm³/mol. The molecule has 0 aromatic carbocycles. The van der Waals surface area contributed by atoms with E-state index < -0.39 is 18.5 Å². The van der Waals surface area contributed by atoms with Crippen LogP contribution in [0.5, 0.6) is 0 Å². The Morgan fingerprint density at radius 2 is 2.11 bits per heavy atom. The lowest BCUT2D eigenvalue weighted by molar-refractivity contribution is -0.137. The quantitative estimate of drug-likeness (QED) is 0.454. The Bertz CT molecular complexity index is 126. The third-order valence-corrected chi connectivity index (χ3v) is 0.604. The monoisotopic (exact) mass is 134 g/mol. The van der Waals surface area contributed by atoms with Crippen LogP contribution in [0.15, 0.2) is 0 Å². The second kappa shape index (κ2) is 3.82. The fourth-order valence-corrected chi connectivity index (χ4v) is 0.248. The smallest absolute Gasteiger partial charge is 0.309 e. The molecule has 0 bridgehead atoms. The Morgan fingerprint density at radius 3 is 2.44 bits per heavy atom. The summed E-state index contributed by atoms with van der Waals surface area (Å²) < 4.78 is 11.3. The lowest BCUT2D eigenvalue weighted by Gasteiger charge is -1.94. The maximum absolute atomic E-state index is 11.3. The Morgan fingerprint density at radius 1 is 1.56 bits per heavy atom. The third-order valence-electron chi connectivity index (χ3n) is 0.604. The number of hydrogen-bond donors (Lipinski definition) is 2. The topological polar surface area (TPSA) is 72.2 Å². The van der Waals surface area contributed by atoms with Crippen LogP contribution < -0.4 is 11.1 Å². The van der Waals surface area contributed by atoms with E-state index in [0.717, 1.165) is 0 Å². The zero-order valence-corrected chi connectivity index (χ0v) is 4.69. The maximum Gasteiger partial charge on any atom is 0.309 e. The first kappa shape index (κ1) is 7.87. The second-order valence-corrected chi connectivity index (χ2v) is 1.31. The molecule has 0 aromatic rings. The molecule has 5 heteroatoms. The first-order chi connectivity index (χ1) is 4.18. The number of primary amides is 1. The van der Waals surface area contributed by atoms with E-state index in [-0.39, 0.29) is 6.54 Å². The van der Waals surface area contributed by atoms with Gasteiger partial charge in [-0.05, 0) is 0 Å². The van der Waals surface area contributed by atoms with Gasteiger partial charge in [0.1, 0.15) is 6.67 Å². The van der Waals surface area contributed by atoms with Gasteiger partial charge in [-0.25, -0.2) is 4.39 Å². The minimum Gasteiger partial charge on any atom is -0.361 e. The number of carbonyl (C=O) groups excluding carboxylic acids is 2. The number of carbonyl (C=O) groups is 2. The Balaban J connectivity index is 3.39. The molecular formula is C4H7FN2O2. The molecule has 0 aliphatic carbocycles. The summed E-state index contributed by atoms with van der Waals surface area (Å²) in [5, 5.41) is 1.94. The van der Waals surface area contributed by atoms with E-state index in [0.29, 0.717) is 0 Å². The molecule has 0 aliphatic rings. The summed E-state index contributed by atoms with van der Waals surface area (Å²) in [4.78, 5) is 20.0. The molecule has 0 fully saturated rings. The molecule has 0 aromatic heterocycles. The largest absolute Gasteiger partial charge is 0.361 e. The van der Waals surface area contributed by atoms with Crippen LogP contribution in [0.3, 0.4) is 0 Å². The molecule has 0 atom stereocenters. The molecule has 52 valence electrons. The average molecular weight is 134 g/mol. The highest BCUT2D eigenvalue weighted by Crippen LogP contribution is 1.64. The van der Waals surface area contributed by atoms with Gasteiger partial charge < -0.3 is 11.1 Å². The van der Waals surface area contributed by atoms with E-state index in [1.54, 1.807) is 0 Å². The molecule has 0 spiro atoms. The minimum absolute atomic E-state index is 0.165. The van der Waals surface area contributed by atoms with Crippen molar-refractivity contribution >= 4 is 11.8 Å². The van der Waals surface area contributed by atoms with Crippen LogP contribution in [0.4, 0.5) is 4.39 Å². The molecule has 0 unspecified atom stereocenters. The van der Waals surface area contributed by atoms with Gasteiger partial charge in [0.25, 0.3) is 0 Å². The Kier molecular flexibility index (Phi) is 3.34. The van der Waals surface area contributed by atoms with E-state index >= 15 is 0 Å². The standard InChI is InChI=1S/C4H7FN2O2/c5-1-2-7-4(9)3(6)8/h1-2H2,(H2,6,8)(H,7,9). The molecule has 0 saturated carbocycles. The summed E-state index contributed by atoms with van der Waals surface area (Å²) in [6.07, 6.45) is 0. The van der Waals surface area contributed by atoms with E-state index in [1.807, 2.05) is 5.32 Å². The third kappa shape index (κ3) is 3.45. The fourth-order valence-electron chi connectivity index (χ4n) is 0.248. The van der Waals surface area contributed by atoms with Crippen molar-refractivity contribution in [1.82, 2.24) is 5.32 Å². The van der Waals surface area contributed by atoms with Gasteiger partial charge in [-0.3, -0.25) is 9.59 Å². The fraction of sp³-hybridized carbons (Fsp3) is 0.500. The molecule has 3 N–H and O–H groups in total. The van der Waals surface area contributed by atoms with E-state index in [2.05, 4.69) is 5.73 Å². The number of hydrogen-bond acceptors (Lipinski definition) is 2. The molecule has 4 nitrogen and oxygen atoms in total. The average Bonchev–Trinajstić information content (AvgIpc) is 1.82. The molecule has 0 rings (SSSR count). The van der Waals surface area contributed by atoms with Gasteiger partial charge in [-0.2, -0.15) is 0 Å². The number of nitrogens with two attached hydrogens (primary N) is 1. The first-order valence-corrected chi connectivity index (χ1v) is 2.32.